The van der Waals surface area contributed by atoms with Crippen molar-refractivity contribution in [3.8, 4) is 5.75 Å². The third-order valence-corrected chi connectivity index (χ3v) is 4.78. The molecule has 3 rings (SSSR count). The summed E-state index contributed by atoms with van der Waals surface area (Å²) in [5.41, 5.74) is 2.01. The molecule has 0 N–H and O–H groups in total. The summed E-state index contributed by atoms with van der Waals surface area (Å²) >= 11 is 0. The van der Waals surface area contributed by atoms with E-state index in [1.165, 1.54) is 5.69 Å². The molecule has 0 amide bonds. The van der Waals surface area contributed by atoms with Gasteiger partial charge in [0.1, 0.15) is 5.75 Å². The zero-order chi connectivity index (χ0) is 18.2. The summed E-state index contributed by atoms with van der Waals surface area (Å²) in [5, 5.41) is 0. The second-order valence-corrected chi connectivity index (χ2v) is 6.54. The zero-order valence-electron chi connectivity index (χ0n) is 15.4. The van der Waals surface area contributed by atoms with Crippen molar-refractivity contribution in [2.75, 3.05) is 44.2 Å². The normalized spacial score (nSPS) is 15.0. The highest BCUT2D eigenvalue weighted by Crippen LogP contribution is 2.16. The summed E-state index contributed by atoms with van der Waals surface area (Å²) in [6.45, 7) is 7.90. The lowest BCUT2D eigenvalue weighted by Gasteiger charge is -2.36. The largest absolute Gasteiger partial charge is 0.494 e. The number of carbonyl (C=O) groups excluding carboxylic acids is 1. The van der Waals surface area contributed by atoms with Gasteiger partial charge in [-0.25, -0.2) is 0 Å². The van der Waals surface area contributed by atoms with E-state index in [0.29, 0.717) is 13.0 Å². The van der Waals surface area contributed by atoms with Crippen molar-refractivity contribution >= 4 is 11.5 Å². The Kier molecular flexibility index (Phi) is 6.61. The summed E-state index contributed by atoms with van der Waals surface area (Å²) in [7, 11) is 0. The van der Waals surface area contributed by atoms with Crippen LogP contribution >= 0.6 is 0 Å². The van der Waals surface area contributed by atoms with Gasteiger partial charge in [0.05, 0.1) is 6.61 Å². The molecule has 0 bridgehead atoms. The Labute approximate surface area is 155 Å². The van der Waals surface area contributed by atoms with Crippen LogP contribution in [0.25, 0.3) is 0 Å². The number of ether oxygens (including phenoxy) is 1. The molecule has 2 aromatic rings. The molecular formula is C21H27N3O2. The van der Waals surface area contributed by atoms with E-state index in [1.54, 1.807) is 0 Å². The maximum atomic E-state index is 11.6. The SMILES string of the molecule is CCC(=O)c1ccc(OCCCN2CCN(c3ccncc3)CC2)cc1. The number of hydrogen-bond donors (Lipinski definition) is 0. The summed E-state index contributed by atoms with van der Waals surface area (Å²) in [5.74, 6) is 1.00. The standard InChI is InChI=1S/C21H27N3O2/c1-2-21(25)18-4-6-20(7-5-18)26-17-3-12-23-13-15-24(16-14-23)19-8-10-22-11-9-19/h4-11H,2-3,12-17H2,1H3. The second kappa shape index (κ2) is 9.34. The highest BCUT2D eigenvalue weighted by Gasteiger charge is 2.16. The van der Waals surface area contributed by atoms with Crippen molar-refractivity contribution in [3.63, 3.8) is 0 Å². The number of aromatic nitrogens is 1. The molecule has 5 heteroatoms. The molecule has 5 nitrogen and oxygen atoms in total. The quantitative estimate of drug-likeness (QED) is 0.538. The first-order valence-electron chi connectivity index (χ1n) is 9.39. The molecule has 26 heavy (non-hydrogen) atoms. The Morgan fingerprint density at radius 3 is 2.38 bits per heavy atom. The fraction of sp³-hybridized carbons (Fsp3) is 0.429. The van der Waals surface area contributed by atoms with Crippen molar-refractivity contribution in [1.82, 2.24) is 9.88 Å². The van der Waals surface area contributed by atoms with Crippen molar-refractivity contribution in [3.05, 3.63) is 54.4 Å². The van der Waals surface area contributed by atoms with Crippen molar-refractivity contribution in [1.29, 1.82) is 0 Å². The number of Topliss-reactive ketones (excluding diaryl/α,β-unsaturated/α-hetero) is 1. The third kappa shape index (κ3) is 5.05. The van der Waals surface area contributed by atoms with E-state index in [9.17, 15) is 4.79 Å². The molecule has 0 saturated carbocycles. The Morgan fingerprint density at radius 1 is 1.04 bits per heavy atom. The molecule has 1 fully saturated rings. The topological polar surface area (TPSA) is 45.7 Å². The molecule has 0 spiro atoms. The van der Waals surface area contributed by atoms with Gasteiger partial charge in [-0.15, -0.1) is 0 Å². The van der Waals surface area contributed by atoms with Gasteiger partial charge >= 0.3 is 0 Å². The maximum absolute atomic E-state index is 11.6. The minimum absolute atomic E-state index is 0.169. The molecular weight excluding hydrogens is 326 g/mol. The van der Waals surface area contributed by atoms with Crippen LogP contribution in [0, 0.1) is 0 Å². The molecule has 0 atom stereocenters. The van der Waals surface area contributed by atoms with Crippen LogP contribution in [0.3, 0.4) is 0 Å². The van der Waals surface area contributed by atoms with Gasteiger partial charge in [-0.3, -0.25) is 14.7 Å². The van der Waals surface area contributed by atoms with E-state index in [4.69, 9.17) is 4.74 Å². The first-order chi connectivity index (χ1) is 12.8. The Morgan fingerprint density at radius 2 is 1.73 bits per heavy atom. The summed E-state index contributed by atoms with van der Waals surface area (Å²) in [4.78, 5) is 20.6. The number of pyridine rings is 1. The minimum Gasteiger partial charge on any atom is -0.494 e. The number of piperazine rings is 1. The number of carbonyl (C=O) groups is 1. The molecule has 2 heterocycles. The van der Waals surface area contributed by atoms with E-state index >= 15 is 0 Å². The van der Waals surface area contributed by atoms with E-state index in [1.807, 2.05) is 43.6 Å². The number of rotatable bonds is 8. The summed E-state index contributed by atoms with van der Waals surface area (Å²) in [6.07, 6.45) is 5.24. The van der Waals surface area contributed by atoms with Crippen LogP contribution in [0.5, 0.6) is 5.75 Å². The molecule has 1 aromatic heterocycles. The molecule has 1 aliphatic rings. The lowest BCUT2D eigenvalue weighted by molar-refractivity contribution is 0.0988. The van der Waals surface area contributed by atoms with E-state index in [0.717, 1.165) is 50.5 Å². The number of ketones is 1. The van der Waals surface area contributed by atoms with Gasteiger partial charge in [-0.1, -0.05) is 6.92 Å². The van der Waals surface area contributed by atoms with Crippen LogP contribution in [0.2, 0.25) is 0 Å². The molecule has 0 aliphatic carbocycles. The third-order valence-electron chi connectivity index (χ3n) is 4.78. The Hall–Kier alpha value is -2.40. The predicted octanol–water partition coefficient (Wildman–Crippen LogP) is 3.27. The molecule has 138 valence electrons. The average molecular weight is 353 g/mol. The van der Waals surface area contributed by atoms with Crippen LogP contribution < -0.4 is 9.64 Å². The summed E-state index contributed by atoms with van der Waals surface area (Å²) in [6, 6.07) is 11.6. The number of nitrogens with zero attached hydrogens (tertiary/aromatic N) is 3. The molecule has 0 radical (unpaired) electrons. The Bertz CT molecular complexity index is 680. The number of anilines is 1. The van der Waals surface area contributed by atoms with E-state index in [2.05, 4.69) is 26.9 Å². The van der Waals surface area contributed by atoms with Gasteiger partial charge in [-0.2, -0.15) is 0 Å². The van der Waals surface area contributed by atoms with Crippen LogP contribution in [-0.2, 0) is 0 Å². The number of hydrogen-bond acceptors (Lipinski definition) is 5. The molecule has 0 unspecified atom stereocenters. The lowest BCUT2D eigenvalue weighted by Crippen LogP contribution is -2.46. The Balaban J connectivity index is 1.34. The van der Waals surface area contributed by atoms with Crippen molar-refractivity contribution in [2.24, 2.45) is 0 Å². The van der Waals surface area contributed by atoms with Crippen LogP contribution in [-0.4, -0.2) is 55.0 Å². The van der Waals surface area contributed by atoms with E-state index < -0.39 is 0 Å². The monoisotopic (exact) mass is 353 g/mol. The van der Waals surface area contributed by atoms with Gasteiger partial charge < -0.3 is 9.64 Å². The molecule has 1 saturated heterocycles. The van der Waals surface area contributed by atoms with Crippen LogP contribution in [0.4, 0.5) is 5.69 Å². The van der Waals surface area contributed by atoms with Gasteiger partial charge in [0.2, 0.25) is 0 Å². The predicted molar refractivity (Wildman–Crippen MR) is 104 cm³/mol. The molecule has 1 aromatic carbocycles. The first-order valence-corrected chi connectivity index (χ1v) is 9.39. The summed E-state index contributed by atoms with van der Waals surface area (Å²) < 4.78 is 5.80. The van der Waals surface area contributed by atoms with E-state index in [-0.39, 0.29) is 5.78 Å². The van der Waals surface area contributed by atoms with Gasteiger partial charge in [0, 0.05) is 62.8 Å². The van der Waals surface area contributed by atoms with Crippen molar-refractivity contribution in [2.45, 2.75) is 19.8 Å². The van der Waals surface area contributed by atoms with Gasteiger partial charge in [0.15, 0.2) is 5.78 Å². The number of benzene rings is 1. The first kappa shape index (κ1) is 18.4. The van der Waals surface area contributed by atoms with Gasteiger partial charge in [-0.05, 0) is 42.8 Å². The van der Waals surface area contributed by atoms with Gasteiger partial charge in [0.25, 0.3) is 0 Å². The highest BCUT2D eigenvalue weighted by atomic mass is 16.5. The minimum atomic E-state index is 0.169. The maximum Gasteiger partial charge on any atom is 0.162 e. The fourth-order valence-corrected chi connectivity index (χ4v) is 3.20. The lowest BCUT2D eigenvalue weighted by atomic mass is 10.1. The fourth-order valence-electron chi connectivity index (χ4n) is 3.20. The zero-order valence-corrected chi connectivity index (χ0v) is 15.4. The smallest absolute Gasteiger partial charge is 0.162 e. The average Bonchev–Trinajstić information content (AvgIpc) is 2.72. The second-order valence-electron chi connectivity index (χ2n) is 6.54. The highest BCUT2D eigenvalue weighted by molar-refractivity contribution is 5.95. The van der Waals surface area contributed by atoms with Crippen LogP contribution in [0.15, 0.2) is 48.8 Å². The van der Waals surface area contributed by atoms with Crippen LogP contribution in [0.1, 0.15) is 30.1 Å². The molecule has 1 aliphatic heterocycles. The van der Waals surface area contributed by atoms with Crippen molar-refractivity contribution < 1.29 is 9.53 Å².